The van der Waals surface area contributed by atoms with Crippen molar-refractivity contribution in [1.29, 1.82) is 0 Å². The highest BCUT2D eigenvalue weighted by atomic mass is 35.5. The van der Waals surface area contributed by atoms with Gasteiger partial charge >= 0.3 is 0 Å². The zero-order valence-electron chi connectivity index (χ0n) is 11.8. The lowest BCUT2D eigenvalue weighted by molar-refractivity contribution is 0.464. The number of hydrogen-bond acceptors (Lipinski definition) is 4. The second kappa shape index (κ2) is 7.11. The van der Waals surface area contributed by atoms with E-state index < -0.39 is 10.0 Å². The van der Waals surface area contributed by atoms with Gasteiger partial charge in [0.25, 0.3) is 0 Å². The molecule has 2 aromatic rings. The van der Waals surface area contributed by atoms with E-state index in [1.165, 1.54) is 12.1 Å². The number of phenols is 1. The molecular weight excluding hydrogens is 324 g/mol. The molecule has 0 aliphatic rings. The van der Waals surface area contributed by atoms with Crippen LogP contribution in [0.15, 0.2) is 47.4 Å². The van der Waals surface area contributed by atoms with Gasteiger partial charge in [0, 0.05) is 17.1 Å². The molecule has 0 aliphatic heterocycles. The zero-order chi connectivity index (χ0) is 16.2. The molecule has 2 rings (SSSR count). The molecule has 0 saturated carbocycles. The maximum atomic E-state index is 11.2. The summed E-state index contributed by atoms with van der Waals surface area (Å²) in [6.07, 6.45) is 0.728. The smallest absolute Gasteiger partial charge is 0.238 e. The highest BCUT2D eigenvalue weighted by Crippen LogP contribution is 2.21. The average molecular weight is 341 g/mol. The summed E-state index contributed by atoms with van der Waals surface area (Å²) in [7, 11) is -3.65. The van der Waals surface area contributed by atoms with Crippen LogP contribution in [0.4, 0.5) is 0 Å². The van der Waals surface area contributed by atoms with Gasteiger partial charge in [-0.1, -0.05) is 23.7 Å². The van der Waals surface area contributed by atoms with Gasteiger partial charge in [-0.05, 0) is 48.9 Å². The lowest BCUT2D eigenvalue weighted by Gasteiger charge is -2.08. The van der Waals surface area contributed by atoms with Crippen LogP contribution < -0.4 is 10.5 Å². The van der Waals surface area contributed by atoms with Crippen LogP contribution in [0.1, 0.15) is 11.1 Å². The third-order valence-electron chi connectivity index (χ3n) is 3.20. The standard InChI is InChI=1S/C15H17ClN2O3S/c16-13-3-6-15(19)12(9-13)10-18-8-7-11-1-4-14(5-2-11)22(17,20)21/h1-6,9,18-19H,7-8,10H2,(H2,17,20,21). The number of aromatic hydroxyl groups is 1. The maximum absolute atomic E-state index is 11.2. The molecule has 0 aromatic heterocycles. The van der Waals surface area contributed by atoms with Crippen LogP contribution in [0.25, 0.3) is 0 Å². The molecule has 2 aromatic carbocycles. The normalized spacial score (nSPS) is 11.5. The first kappa shape index (κ1) is 16.8. The van der Waals surface area contributed by atoms with Gasteiger partial charge in [-0.2, -0.15) is 0 Å². The second-order valence-corrected chi connectivity index (χ2v) is 6.89. The summed E-state index contributed by atoms with van der Waals surface area (Å²) in [4.78, 5) is 0.105. The lowest BCUT2D eigenvalue weighted by Crippen LogP contribution is -2.17. The molecule has 0 fully saturated rings. The molecule has 0 atom stereocenters. The van der Waals surface area contributed by atoms with Crippen LogP contribution >= 0.6 is 11.6 Å². The molecular formula is C15H17ClN2O3S. The molecule has 4 N–H and O–H groups in total. The number of halogens is 1. The zero-order valence-corrected chi connectivity index (χ0v) is 13.4. The van der Waals surface area contributed by atoms with Gasteiger partial charge < -0.3 is 10.4 Å². The van der Waals surface area contributed by atoms with Crippen molar-refractivity contribution in [3.05, 3.63) is 58.6 Å². The predicted octanol–water partition coefficient (Wildman–Crippen LogP) is 2.03. The Morgan fingerprint density at radius 3 is 2.45 bits per heavy atom. The monoisotopic (exact) mass is 340 g/mol. The van der Waals surface area contributed by atoms with E-state index in [0.29, 0.717) is 18.1 Å². The Bertz CT molecular complexity index is 746. The minimum atomic E-state index is -3.65. The van der Waals surface area contributed by atoms with Gasteiger partial charge in [0.2, 0.25) is 10.0 Å². The molecule has 0 spiro atoms. The summed E-state index contributed by atoms with van der Waals surface area (Å²) in [6, 6.07) is 11.4. The van der Waals surface area contributed by atoms with Crippen molar-refractivity contribution in [2.24, 2.45) is 5.14 Å². The molecule has 0 saturated heterocycles. The van der Waals surface area contributed by atoms with Crippen LogP contribution in [0.5, 0.6) is 5.75 Å². The van der Waals surface area contributed by atoms with E-state index >= 15 is 0 Å². The van der Waals surface area contributed by atoms with Gasteiger partial charge in [-0.3, -0.25) is 0 Å². The number of nitrogens with two attached hydrogens (primary N) is 1. The minimum Gasteiger partial charge on any atom is -0.508 e. The van der Waals surface area contributed by atoms with E-state index in [1.807, 2.05) is 0 Å². The Morgan fingerprint density at radius 1 is 1.14 bits per heavy atom. The fourth-order valence-electron chi connectivity index (χ4n) is 2.00. The quantitative estimate of drug-likeness (QED) is 0.701. The van der Waals surface area contributed by atoms with Crippen LogP contribution in [0, 0.1) is 0 Å². The third-order valence-corrected chi connectivity index (χ3v) is 4.36. The van der Waals surface area contributed by atoms with E-state index in [0.717, 1.165) is 17.5 Å². The van der Waals surface area contributed by atoms with E-state index in [2.05, 4.69) is 5.32 Å². The van der Waals surface area contributed by atoms with Crippen molar-refractivity contribution in [2.75, 3.05) is 6.54 Å². The number of hydrogen-bond donors (Lipinski definition) is 3. The first-order chi connectivity index (χ1) is 10.4. The number of benzene rings is 2. The molecule has 0 unspecified atom stereocenters. The minimum absolute atomic E-state index is 0.105. The predicted molar refractivity (Wildman–Crippen MR) is 86.3 cm³/mol. The molecule has 0 amide bonds. The topological polar surface area (TPSA) is 92.4 Å². The Hall–Kier alpha value is -1.60. The number of nitrogens with one attached hydrogen (secondary N) is 1. The number of rotatable bonds is 6. The van der Waals surface area contributed by atoms with Crippen LogP contribution in [0.3, 0.4) is 0 Å². The number of primary sulfonamides is 1. The molecule has 7 heteroatoms. The average Bonchev–Trinajstić information content (AvgIpc) is 2.46. The first-order valence-electron chi connectivity index (χ1n) is 6.66. The number of sulfonamides is 1. The second-order valence-electron chi connectivity index (χ2n) is 4.89. The summed E-state index contributed by atoms with van der Waals surface area (Å²) in [6.45, 7) is 1.18. The maximum Gasteiger partial charge on any atom is 0.238 e. The third kappa shape index (κ3) is 4.71. The molecule has 0 radical (unpaired) electrons. The SMILES string of the molecule is NS(=O)(=O)c1ccc(CCNCc2cc(Cl)ccc2O)cc1. The van der Waals surface area contributed by atoms with Crippen molar-refractivity contribution in [3.8, 4) is 5.75 Å². The summed E-state index contributed by atoms with van der Waals surface area (Å²) in [5.74, 6) is 0.203. The van der Waals surface area contributed by atoms with Gasteiger partial charge in [-0.15, -0.1) is 0 Å². The molecule has 5 nitrogen and oxygen atoms in total. The van der Waals surface area contributed by atoms with Gasteiger partial charge in [0.1, 0.15) is 5.75 Å². The summed E-state index contributed by atoms with van der Waals surface area (Å²) in [5.41, 5.74) is 1.73. The van der Waals surface area contributed by atoms with E-state index in [4.69, 9.17) is 16.7 Å². The summed E-state index contributed by atoms with van der Waals surface area (Å²) >= 11 is 5.88. The Morgan fingerprint density at radius 2 is 1.82 bits per heavy atom. The molecule has 0 heterocycles. The Balaban J connectivity index is 1.85. The van der Waals surface area contributed by atoms with E-state index in [-0.39, 0.29) is 10.6 Å². The van der Waals surface area contributed by atoms with Gasteiger partial charge in [0.05, 0.1) is 4.90 Å². The highest BCUT2D eigenvalue weighted by Gasteiger charge is 2.06. The molecule has 0 bridgehead atoms. The summed E-state index contributed by atoms with van der Waals surface area (Å²) in [5, 5.41) is 18.5. The number of phenolic OH excluding ortho intramolecular Hbond substituents is 1. The van der Waals surface area contributed by atoms with Crippen molar-refractivity contribution < 1.29 is 13.5 Å². The van der Waals surface area contributed by atoms with Gasteiger partial charge in [-0.25, -0.2) is 13.6 Å². The largest absolute Gasteiger partial charge is 0.508 e. The summed E-state index contributed by atoms with van der Waals surface area (Å²) < 4.78 is 22.3. The lowest BCUT2D eigenvalue weighted by atomic mass is 10.1. The van der Waals surface area contributed by atoms with Crippen LogP contribution in [-0.2, 0) is 23.0 Å². The van der Waals surface area contributed by atoms with E-state index in [9.17, 15) is 13.5 Å². The van der Waals surface area contributed by atoms with Crippen molar-refractivity contribution in [3.63, 3.8) is 0 Å². The fraction of sp³-hybridized carbons (Fsp3) is 0.200. The van der Waals surface area contributed by atoms with Crippen LogP contribution in [-0.4, -0.2) is 20.1 Å². The molecule has 22 heavy (non-hydrogen) atoms. The van der Waals surface area contributed by atoms with E-state index in [1.54, 1.807) is 30.3 Å². The first-order valence-corrected chi connectivity index (χ1v) is 8.58. The molecule has 0 aliphatic carbocycles. The molecule has 118 valence electrons. The van der Waals surface area contributed by atoms with Crippen molar-refractivity contribution in [1.82, 2.24) is 5.32 Å². The highest BCUT2D eigenvalue weighted by molar-refractivity contribution is 7.89. The van der Waals surface area contributed by atoms with Crippen molar-refractivity contribution >= 4 is 21.6 Å². The fourth-order valence-corrected chi connectivity index (χ4v) is 2.71. The Kier molecular flexibility index (Phi) is 5.42. The van der Waals surface area contributed by atoms with Gasteiger partial charge in [0.15, 0.2) is 0 Å². The Labute approximate surface area is 134 Å². The van der Waals surface area contributed by atoms with Crippen molar-refractivity contribution in [2.45, 2.75) is 17.9 Å². The van der Waals surface area contributed by atoms with Crippen LogP contribution in [0.2, 0.25) is 5.02 Å².